The summed E-state index contributed by atoms with van der Waals surface area (Å²) in [6.07, 6.45) is 1.14. The van der Waals surface area contributed by atoms with Gasteiger partial charge in [0, 0.05) is 42.9 Å². The molecule has 6 heteroatoms. The Labute approximate surface area is 136 Å². The molecule has 0 saturated carbocycles. The molecule has 0 unspecified atom stereocenters. The van der Waals surface area contributed by atoms with Crippen LogP contribution in [-0.2, 0) is 4.74 Å². The van der Waals surface area contributed by atoms with Crippen molar-refractivity contribution in [2.45, 2.75) is 45.3 Å². The van der Waals surface area contributed by atoms with Crippen molar-refractivity contribution in [2.75, 3.05) is 26.8 Å². The lowest BCUT2D eigenvalue weighted by atomic mass is 9.94. The number of nitrogens with zero attached hydrogens (tertiary/aromatic N) is 1. The van der Waals surface area contributed by atoms with E-state index in [1.54, 1.807) is 23.3 Å². The first kappa shape index (κ1) is 17.2. The Kier molecular flexibility index (Phi) is 5.47. The zero-order valence-electron chi connectivity index (χ0n) is 13.8. The fourth-order valence-electron chi connectivity index (χ4n) is 2.88. The van der Waals surface area contributed by atoms with E-state index in [-0.39, 0.29) is 12.1 Å². The van der Waals surface area contributed by atoms with E-state index in [4.69, 9.17) is 4.74 Å². The molecule has 2 amide bonds. The van der Waals surface area contributed by atoms with Gasteiger partial charge in [0.05, 0.1) is 18.2 Å². The number of thiophene rings is 1. The van der Waals surface area contributed by atoms with Crippen molar-refractivity contribution in [2.24, 2.45) is 0 Å². The molecule has 1 atom stereocenters. The molecule has 2 heterocycles. The highest BCUT2D eigenvalue weighted by Crippen LogP contribution is 2.26. The first-order valence-electron chi connectivity index (χ1n) is 7.69. The number of hydrogen-bond acceptors (Lipinski definition) is 4. The molecule has 5 nitrogen and oxygen atoms in total. The number of hydrogen-bond donors (Lipinski definition) is 2. The average Bonchev–Trinajstić information content (AvgIpc) is 2.78. The molecular weight excluding hydrogens is 300 g/mol. The SMILES string of the molecule is Cc1cc([C@@H](C)NC(=O)N(C)CC2(O)CCOCC2)c(C)s1. The molecule has 1 fully saturated rings. The maximum atomic E-state index is 12.3. The Morgan fingerprint density at radius 2 is 2.14 bits per heavy atom. The minimum atomic E-state index is -0.831. The Bertz CT molecular complexity index is 523. The summed E-state index contributed by atoms with van der Waals surface area (Å²) in [6.45, 7) is 7.57. The summed E-state index contributed by atoms with van der Waals surface area (Å²) in [6, 6.07) is 1.93. The predicted molar refractivity (Wildman–Crippen MR) is 88.4 cm³/mol. The molecular formula is C16H26N2O3S. The molecule has 0 bridgehead atoms. The number of aliphatic hydroxyl groups is 1. The van der Waals surface area contributed by atoms with Gasteiger partial charge in [-0.1, -0.05) is 0 Å². The van der Waals surface area contributed by atoms with Gasteiger partial charge in [-0.25, -0.2) is 4.79 Å². The topological polar surface area (TPSA) is 61.8 Å². The molecule has 1 saturated heterocycles. The van der Waals surface area contributed by atoms with Gasteiger partial charge in [-0.15, -0.1) is 11.3 Å². The Morgan fingerprint density at radius 3 is 2.68 bits per heavy atom. The second kappa shape index (κ2) is 6.98. The van der Waals surface area contributed by atoms with Crippen molar-refractivity contribution < 1.29 is 14.6 Å². The lowest BCUT2D eigenvalue weighted by Gasteiger charge is -2.35. The smallest absolute Gasteiger partial charge is 0.317 e. The summed E-state index contributed by atoms with van der Waals surface area (Å²) in [5, 5.41) is 13.5. The van der Waals surface area contributed by atoms with Gasteiger partial charge in [-0.3, -0.25) is 0 Å². The van der Waals surface area contributed by atoms with Crippen LogP contribution in [0.4, 0.5) is 4.79 Å². The maximum absolute atomic E-state index is 12.3. The van der Waals surface area contributed by atoms with Crippen molar-refractivity contribution in [3.05, 3.63) is 21.4 Å². The third-order valence-electron chi connectivity index (χ3n) is 4.19. The van der Waals surface area contributed by atoms with E-state index in [2.05, 4.69) is 25.2 Å². The highest BCUT2D eigenvalue weighted by Gasteiger charge is 2.32. The number of carbonyl (C=O) groups excluding carboxylic acids is 1. The Morgan fingerprint density at radius 1 is 1.50 bits per heavy atom. The van der Waals surface area contributed by atoms with Gasteiger partial charge in [0.2, 0.25) is 0 Å². The average molecular weight is 326 g/mol. The molecule has 0 spiro atoms. The number of urea groups is 1. The van der Waals surface area contributed by atoms with Crippen LogP contribution in [0.5, 0.6) is 0 Å². The van der Waals surface area contributed by atoms with Crippen molar-refractivity contribution in [3.63, 3.8) is 0 Å². The molecule has 1 aliphatic heterocycles. The lowest BCUT2D eigenvalue weighted by Crippen LogP contribution is -2.50. The van der Waals surface area contributed by atoms with Crippen LogP contribution in [-0.4, -0.2) is 48.4 Å². The standard InChI is InChI=1S/C16H26N2O3S/c1-11-9-14(13(3)22-11)12(2)17-15(19)18(4)10-16(20)5-7-21-8-6-16/h9,12,20H,5-8,10H2,1-4H3,(H,17,19)/t12-/m1/s1. The van der Waals surface area contributed by atoms with Gasteiger partial charge in [-0.05, 0) is 32.4 Å². The number of amides is 2. The first-order valence-corrected chi connectivity index (χ1v) is 8.51. The van der Waals surface area contributed by atoms with E-state index in [1.807, 2.05) is 6.92 Å². The third-order valence-corrected chi connectivity index (χ3v) is 5.17. The van der Waals surface area contributed by atoms with E-state index < -0.39 is 5.60 Å². The zero-order chi connectivity index (χ0) is 16.3. The number of ether oxygens (including phenoxy) is 1. The second-order valence-corrected chi connectivity index (χ2v) is 7.69. The fraction of sp³-hybridized carbons (Fsp3) is 0.688. The van der Waals surface area contributed by atoms with Crippen LogP contribution in [0.25, 0.3) is 0 Å². The summed E-state index contributed by atoms with van der Waals surface area (Å²) in [5.41, 5.74) is 0.330. The monoisotopic (exact) mass is 326 g/mol. The van der Waals surface area contributed by atoms with E-state index in [1.165, 1.54) is 9.75 Å². The summed E-state index contributed by atoms with van der Waals surface area (Å²) >= 11 is 1.74. The first-order chi connectivity index (χ1) is 10.3. The number of rotatable bonds is 4. The second-order valence-electron chi connectivity index (χ2n) is 6.23. The van der Waals surface area contributed by atoms with Gasteiger partial charge >= 0.3 is 6.03 Å². The molecule has 0 aliphatic carbocycles. The number of nitrogens with one attached hydrogen (secondary N) is 1. The van der Waals surface area contributed by atoms with Gasteiger partial charge < -0.3 is 20.1 Å². The molecule has 0 radical (unpaired) electrons. The van der Waals surface area contributed by atoms with Gasteiger partial charge in [0.15, 0.2) is 0 Å². The van der Waals surface area contributed by atoms with Crippen LogP contribution in [0.2, 0.25) is 0 Å². The maximum Gasteiger partial charge on any atom is 0.317 e. The quantitative estimate of drug-likeness (QED) is 0.894. The number of aryl methyl sites for hydroxylation is 2. The van der Waals surface area contributed by atoms with Crippen LogP contribution >= 0.6 is 11.3 Å². The largest absolute Gasteiger partial charge is 0.388 e. The molecule has 1 aromatic heterocycles. The zero-order valence-corrected chi connectivity index (χ0v) is 14.6. The van der Waals surface area contributed by atoms with Crippen LogP contribution in [0, 0.1) is 13.8 Å². The van der Waals surface area contributed by atoms with Crippen LogP contribution in [0.15, 0.2) is 6.07 Å². The van der Waals surface area contributed by atoms with Gasteiger partial charge in [0.25, 0.3) is 0 Å². The summed E-state index contributed by atoms with van der Waals surface area (Å²) in [5.74, 6) is 0. The normalized spacial score (nSPS) is 18.8. The van der Waals surface area contributed by atoms with Crippen LogP contribution in [0.3, 0.4) is 0 Å². The fourth-order valence-corrected chi connectivity index (χ4v) is 3.90. The van der Waals surface area contributed by atoms with Crippen molar-refractivity contribution in [3.8, 4) is 0 Å². The molecule has 0 aromatic carbocycles. The molecule has 2 rings (SSSR count). The van der Waals surface area contributed by atoms with E-state index in [9.17, 15) is 9.90 Å². The molecule has 2 N–H and O–H groups in total. The molecule has 1 aromatic rings. The lowest BCUT2D eigenvalue weighted by molar-refractivity contribution is -0.0723. The minimum Gasteiger partial charge on any atom is -0.388 e. The van der Waals surface area contributed by atoms with Crippen molar-refractivity contribution in [1.29, 1.82) is 0 Å². The van der Waals surface area contributed by atoms with Gasteiger partial charge in [-0.2, -0.15) is 0 Å². The van der Waals surface area contributed by atoms with Crippen molar-refractivity contribution in [1.82, 2.24) is 10.2 Å². The van der Waals surface area contributed by atoms with E-state index in [0.29, 0.717) is 32.6 Å². The van der Waals surface area contributed by atoms with E-state index >= 15 is 0 Å². The number of carbonyl (C=O) groups is 1. The Hall–Kier alpha value is -1.11. The molecule has 124 valence electrons. The van der Waals surface area contributed by atoms with Gasteiger partial charge in [0.1, 0.15) is 0 Å². The highest BCUT2D eigenvalue weighted by molar-refractivity contribution is 7.12. The van der Waals surface area contributed by atoms with Crippen molar-refractivity contribution >= 4 is 17.4 Å². The molecule has 22 heavy (non-hydrogen) atoms. The summed E-state index contributed by atoms with van der Waals surface area (Å²) < 4.78 is 5.27. The highest BCUT2D eigenvalue weighted by atomic mass is 32.1. The Balaban J connectivity index is 1.92. The predicted octanol–water partition coefficient (Wildman–Crippen LogP) is 2.61. The van der Waals surface area contributed by atoms with E-state index in [0.717, 1.165) is 5.56 Å². The summed E-state index contributed by atoms with van der Waals surface area (Å²) in [7, 11) is 1.72. The van der Waals surface area contributed by atoms with Crippen LogP contribution < -0.4 is 5.32 Å². The third kappa shape index (κ3) is 4.21. The minimum absolute atomic E-state index is 0.0377. The number of likely N-dealkylation sites (N-methyl/N-ethyl adjacent to an activating group) is 1. The summed E-state index contributed by atoms with van der Waals surface area (Å²) in [4.78, 5) is 16.4. The molecule has 1 aliphatic rings. The van der Waals surface area contributed by atoms with Crippen LogP contribution in [0.1, 0.15) is 41.1 Å².